The van der Waals surface area contributed by atoms with Gasteiger partial charge < -0.3 is 42.4 Å². The first-order valence-electron chi connectivity index (χ1n) is 16.6. The average Bonchev–Trinajstić information content (AvgIpc) is 3.22. The van der Waals surface area contributed by atoms with Crippen molar-refractivity contribution < 1.29 is 59.8 Å². The van der Waals surface area contributed by atoms with Gasteiger partial charge in [-0.15, -0.1) is 0 Å². The smallest absolute Gasteiger partial charge is 0.871 e. The summed E-state index contributed by atoms with van der Waals surface area (Å²) in [4.78, 5) is 65.7. The van der Waals surface area contributed by atoms with Gasteiger partial charge in [0.15, 0.2) is 0 Å². The van der Waals surface area contributed by atoms with E-state index in [2.05, 4.69) is 41.2 Å². The Labute approximate surface area is 340 Å². The van der Waals surface area contributed by atoms with Gasteiger partial charge in [0.05, 0.1) is 49.0 Å². The molecular weight excluding hydrogens is 786 g/mol. The molecule has 0 aliphatic rings. The molecule has 0 aliphatic carbocycles. The normalized spacial score (nSPS) is 9.68. The Morgan fingerprint density at radius 1 is 0.386 bits per heavy atom. The van der Waals surface area contributed by atoms with Gasteiger partial charge in [-0.25, -0.2) is 0 Å². The summed E-state index contributed by atoms with van der Waals surface area (Å²) in [5.41, 5.74) is 2.33. The van der Waals surface area contributed by atoms with Crippen molar-refractivity contribution in [3.8, 4) is 11.5 Å². The van der Waals surface area contributed by atoms with Crippen molar-refractivity contribution in [2.45, 2.75) is 26.2 Å². The summed E-state index contributed by atoms with van der Waals surface area (Å²) in [6.45, 7) is 0.759. The first kappa shape index (κ1) is 46.2. The molecule has 288 valence electrons. The third kappa shape index (κ3) is 13.7. The van der Waals surface area contributed by atoms with Gasteiger partial charge in [-0.3, -0.25) is 39.1 Å². The molecule has 0 aliphatic heterocycles. The van der Waals surface area contributed by atoms with Gasteiger partial charge in [-0.2, -0.15) is 0 Å². The first-order valence-corrected chi connectivity index (χ1v) is 16.6. The summed E-state index contributed by atoms with van der Waals surface area (Å²) < 4.78 is 0. The van der Waals surface area contributed by atoms with E-state index in [1.807, 2.05) is 0 Å². The Bertz CT molecular complexity index is 1880. The monoisotopic (exact) mass is 824 g/mol. The molecule has 6 aromatic rings. The van der Waals surface area contributed by atoms with E-state index < -0.39 is 35.1 Å². The molecule has 6 rings (SSSR count). The van der Waals surface area contributed by atoms with Crippen LogP contribution in [-0.2, 0) is 56.6 Å². The Morgan fingerprint density at radius 2 is 0.614 bits per heavy atom. The van der Waals surface area contributed by atoms with E-state index >= 15 is 0 Å². The van der Waals surface area contributed by atoms with Crippen LogP contribution in [0, 0.1) is 0 Å². The van der Waals surface area contributed by atoms with Crippen LogP contribution in [0.3, 0.4) is 0 Å². The van der Waals surface area contributed by atoms with Crippen LogP contribution < -0.4 is 31.5 Å². The number of carbonyl (C=O) groups is 4. The Hall–Kier alpha value is -6.94. The molecule has 17 heteroatoms. The Kier molecular flexibility index (Phi) is 19.3. The topological polar surface area (TPSA) is 280 Å². The molecule has 4 aromatic heterocycles. The van der Waals surface area contributed by atoms with Gasteiger partial charge >= 0.3 is 19.5 Å². The van der Waals surface area contributed by atoms with Crippen LogP contribution in [0.5, 0.6) is 11.5 Å². The van der Waals surface area contributed by atoms with Crippen LogP contribution in [0.25, 0.3) is 0 Å². The number of rotatable bonds is 12. The molecule has 4 amide bonds. The van der Waals surface area contributed by atoms with Crippen molar-refractivity contribution >= 4 is 23.6 Å². The fourth-order valence-electron chi connectivity index (χ4n) is 4.86. The minimum absolute atomic E-state index is 0. The Balaban J connectivity index is 0.000000374. The summed E-state index contributed by atoms with van der Waals surface area (Å²) >= 11 is 0. The van der Waals surface area contributed by atoms with E-state index in [0.717, 1.165) is 0 Å². The van der Waals surface area contributed by atoms with Crippen LogP contribution in [0.2, 0.25) is 0 Å². The molecule has 0 spiro atoms. The maximum Gasteiger partial charge on any atom is 2.00 e. The molecule has 0 saturated carbocycles. The molecular formula is C40H40N8O8Zn+2. The number of benzene rings is 2. The van der Waals surface area contributed by atoms with Crippen molar-refractivity contribution in [1.29, 1.82) is 0 Å². The van der Waals surface area contributed by atoms with E-state index in [0.29, 0.717) is 22.8 Å². The van der Waals surface area contributed by atoms with E-state index in [1.165, 1.54) is 36.4 Å². The average molecular weight is 826 g/mol. The van der Waals surface area contributed by atoms with Crippen LogP contribution >= 0.6 is 0 Å². The first-order chi connectivity index (χ1) is 26.3. The van der Waals surface area contributed by atoms with E-state index in [4.69, 9.17) is 0 Å². The summed E-state index contributed by atoms with van der Waals surface area (Å²) in [6.07, 6.45) is 6.47. The number of pyridine rings is 4. The van der Waals surface area contributed by atoms with Gasteiger partial charge in [0.25, 0.3) is 23.6 Å². The second-order valence-electron chi connectivity index (χ2n) is 11.4. The molecule has 16 nitrogen and oxygen atoms in total. The van der Waals surface area contributed by atoms with E-state index in [9.17, 15) is 29.4 Å². The molecule has 0 radical (unpaired) electrons. The molecule has 10 N–H and O–H groups in total. The number of nitrogens with zero attached hydrogens (tertiary/aromatic N) is 4. The maximum atomic E-state index is 12.5. The molecule has 57 heavy (non-hydrogen) atoms. The second-order valence-corrected chi connectivity index (χ2v) is 11.4. The van der Waals surface area contributed by atoms with Crippen molar-refractivity contribution in [3.63, 3.8) is 0 Å². The van der Waals surface area contributed by atoms with Crippen molar-refractivity contribution in [2.75, 3.05) is 0 Å². The van der Waals surface area contributed by atoms with Crippen molar-refractivity contribution in [2.24, 2.45) is 0 Å². The fourth-order valence-corrected chi connectivity index (χ4v) is 4.86. The van der Waals surface area contributed by atoms with Gasteiger partial charge in [-0.1, -0.05) is 72.2 Å². The third-order valence-electron chi connectivity index (χ3n) is 7.63. The zero-order valence-electron chi connectivity index (χ0n) is 30.6. The van der Waals surface area contributed by atoms with Crippen LogP contribution in [0.4, 0.5) is 0 Å². The molecule has 2 aromatic carbocycles. The number of hydrogen-bond donors (Lipinski definition) is 4. The number of nitrogens with one attached hydrogen (secondary N) is 4. The molecule has 0 fully saturated rings. The number of amides is 4. The molecule has 0 bridgehead atoms. The summed E-state index contributed by atoms with van der Waals surface area (Å²) in [5, 5.41) is 35.6. The predicted octanol–water partition coefficient (Wildman–Crippen LogP) is 0.974. The maximum absolute atomic E-state index is 12.5. The minimum Gasteiger partial charge on any atom is -0.871 e. The molecule has 0 unspecified atom stereocenters. The summed E-state index contributed by atoms with van der Waals surface area (Å²) in [6, 6.07) is 30.0. The molecule has 4 heterocycles. The number of para-hydroxylation sites is 2. The van der Waals surface area contributed by atoms with E-state index in [-0.39, 0.29) is 78.9 Å². The van der Waals surface area contributed by atoms with Gasteiger partial charge in [0, 0.05) is 47.0 Å². The quantitative estimate of drug-likeness (QED) is 0.100. The largest absolute Gasteiger partial charge is 2.00 e. The van der Waals surface area contributed by atoms with Crippen molar-refractivity contribution in [1.82, 2.24) is 41.2 Å². The molecule has 0 atom stereocenters. The number of aromatic nitrogens is 4. The molecule has 0 saturated heterocycles. The van der Waals surface area contributed by atoms with Crippen LogP contribution in [-0.4, -0.2) is 43.6 Å². The summed E-state index contributed by atoms with van der Waals surface area (Å²) in [7, 11) is 0. The van der Waals surface area contributed by atoms with Gasteiger partial charge in [0.2, 0.25) is 0 Å². The fraction of sp³-hybridized carbons (Fsp3) is 0.100. The Morgan fingerprint density at radius 3 is 0.807 bits per heavy atom. The predicted molar refractivity (Wildman–Crippen MR) is 203 cm³/mol. The second kappa shape index (κ2) is 23.8. The zero-order valence-corrected chi connectivity index (χ0v) is 33.6. The zero-order chi connectivity index (χ0) is 38.1. The van der Waals surface area contributed by atoms with Gasteiger partial charge in [-0.05, 0) is 48.5 Å². The van der Waals surface area contributed by atoms with Crippen LogP contribution in [0.15, 0.2) is 134 Å². The van der Waals surface area contributed by atoms with Crippen molar-refractivity contribution in [3.05, 3.63) is 179 Å². The standard InChI is InChI=1S/2C20H18N4O3.2H2O.Zn/c2*25-18-16(19(26)23-12-14-6-1-3-10-21-14)8-5-9-17(18)20(27)24-13-15-7-2-4-11-22-15;;;/h2*1-11,25H,12-13H2,(H,23,26)(H,24,27);2*1H2;/q;;;;+2. The van der Waals surface area contributed by atoms with Gasteiger partial charge in [0.1, 0.15) is 0 Å². The van der Waals surface area contributed by atoms with Crippen LogP contribution in [0.1, 0.15) is 64.2 Å². The summed E-state index contributed by atoms with van der Waals surface area (Å²) in [5.74, 6) is -3.44. The SMILES string of the molecule is O=C(NCc1ccccn1)c1cccc(C(=O)NCc2ccccn2)c1[O-].O=C(NCc1ccccn1)c1cccc(C(=O)NCc2ccccn2)c1[O-].[OH3+].[OH3+].[Zn+2]. The third-order valence-corrected chi connectivity index (χ3v) is 7.63. The number of carbonyl (C=O) groups excluding carboxylic acids is 4. The number of hydrogen-bond acceptors (Lipinski definition) is 10. The minimum atomic E-state index is -0.616. The van der Waals surface area contributed by atoms with E-state index in [1.54, 1.807) is 97.6 Å².